The Morgan fingerprint density at radius 3 is 2.67 bits per heavy atom. The Morgan fingerprint density at radius 1 is 1.14 bits per heavy atom. The number of rotatable bonds is 5. The molecule has 0 atom stereocenters. The number of halogens is 3. The molecule has 0 spiro atoms. The van der Waals surface area contributed by atoms with Crippen LogP contribution in [0.5, 0.6) is 5.88 Å². The van der Waals surface area contributed by atoms with Crippen LogP contribution in [0.2, 0.25) is 0 Å². The second kappa shape index (κ2) is 6.51. The highest BCUT2D eigenvalue weighted by Gasteiger charge is 2.26. The van der Waals surface area contributed by atoms with Gasteiger partial charge in [0.15, 0.2) is 5.82 Å². The summed E-state index contributed by atoms with van der Waals surface area (Å²) in [6.45, 7) is 2.25. The first-order chi connectivity index (χ1) is 9.99. The zero-order valence-electron chi connectivity index (χ0n) is 11.4. The molecule has 0 aliphatic carbocycles. The van der Waals surface area contributed by atoms with Crippen molar-refractivity contribution >= 4 is 0 Å². The lowest BCUT2D eigenvalue weighted by atomic mass is 10.2. The van der Waals surface area contributed by atoms with Gasteiger partial charge in [-0.2, -0.15) is 13.2 Å². The van der Waals surface area contributed by atoms with Gasteiger partial charge in [0.2, 0.25) is 5.88 Å². The second-order valence-electron chi connectivity index (χ2n) is 4.28. The highest BCUT2D eigenvalue weighted by atomic mass is 19.4. The minimum absolute atomic E-state index is 0.177. The molecule has 0 amide bonds. The van der Waals surface area contributed by atoms with Crippen molar-refractivity contribution in [2.24, 2.45) is 0 Å². The molecule has 21 heavy (non-hydrogen) atoms. The molecule has 0 unspecified atom stereocenters. The Labute approximate surface area is 120 Å². The second-order valence-corrected chi connectivity index (χ2v) is 4.28. The van der Waals surface area contributed by atoms with E-state index in [9.17, 15) is 13.2 Å². The molecule has 0 aliphatic heterocycles. The van der Waals surface area contributed by atoms with Crippen molar-refractivity contribution in [2.75, 3.05) is 6.61 Å². The number of ether oxygens (including phenoxy) is 1. The summed E-state index contributed by atoms with van der Waals surface area (Å²) in [4.78, 5) is 12.3. The van der Waals surface area contributed by atoms with Crippen LogP contribution in [0.1, 0.15) is 19.0 Å². The third kappa shape index (κ3) is 4.40. The van der Waals surface area contributed by atoms with E-state index in [1.807, 2.05) is 6.92 Å². The molecule has 0 radical (unpaired) electrons. The zero-order valence-corrected chi connectivity index (χ0v) is 11.4. The van der Waals surface area contributed by atoms with Crippen molar-refractivity contribution < 1.29 is 17.9 Å². The van der Waals surface area contributed by atoms with Crippen molar-refractivity contribution in [3.63, 3.8) is 0 Å². The molecule has 0 N–H and O–H groups in total. The van der Waals surface area contributed by atoms with Gasteiger partial charge in [-0.3, -0.25) is 0 Å². The summed E-state index contributed by atoms with van der Waals surface area (Å²) in [5, 5.41) is 0. The molecule has 2 heterocycles. The van der Waals surface area contributed by atoms with E-state index in [0.717, 1.165) is 0 Å². The van der Waals surface area contributed by atoms with Gasteiger partial charge in [0.05, 0.1) is 12.2 Å². The van der Waals surface area contributed by atoms with Gasteiger partial charge in [-0.15, -0.1) is 0 Å². The Bertz CT molecular complexity index is 602. The average molecular weight is 297 g/mol. The van der Waals surface area contributed by atoms with Gasteiger partial charge in [-0.1, -0.05) is 0 Å². The van der Waals surface area contributed by atoms with Crippen LogP contribution in [0.3, 0.4) is 0 Å². The van der Waals surface area contributed by atoms with E-state index in [0.29, 0.717) is 29.6 Å². The maximum atomic E-state index is 12.3. The van der Waals surface area contributed by atoms with Crippen molar-refractivity contribution in [3.8, 4) is 17.3 Å². The fraction of sp³-hybridized carbons (Fsp3) is 0.357. The lowest BCUT2D eigenvalue weighted by molar-refractivity contribution is -0.134. The van der Waals surface area contributed by atoms with Crippen LogP contribution in [0, 0.1) is 0 Å². The molecule has 2 aromatic rings. The topological polar surface area (TPSA) is 47.9 Å². The van der Waals surface area contributed by atoms with Gasteiger partial charge in [-0.05, 0) is 31.5 Å². The van der Waals surface area contributed by atoms with Crippen LogP contribution in [-0.2, 0) is 6.42 Å². The summed E-state index contributed by atoms with van der Waals surface area (Å²) in [5.74, 6) is 0.680. The molecule has 0 fully saturated rings. The minimum atomic E-state index is -4.20. The standard InChI is InChI=1S/C14H14F3N3O/c1-2-21-13-11(4-3-8-19-13)12-18-9-6-10(20-12)5-7-14(15,16)17/h3-4,6,8-9H,2,5,7H2,1H3. The normalized spacial score (nSPS) is 11.4. The smallest absolute Gasteiger partial charge is 0.389 e. The molecule has 2 aromatic heterocycles. The average Bonchev–Trinajstić information content (AvgIpc) is 2.46. The summed E-state index contributed by atoms with van der Waals surface area (Å²) in [5.41, 5.74) is 0.900. The molecule has 0 aliphatic rings. The predicted octanol–water partition coefficient (Wildman–Crippen LogP) is 3.43. The molecular weight excluding hydrogens is 283 g/mol. The van der Waals surface area contributed by atoms with Crippen molar-refractivity contribution in [1.82, 2.24) is 15.0 Å². The Balaban J connectivity index is 2.25. The highest BCUT2D eigenvalue weighted by molar-refractivity contribution is 5.61. The summed E-state index contributed by atoms with van der Waals surface area (Å²) < 4.78 is 42.1. The van der Waals surface area contributed by atoms with E-state index in [1.165, 1.54) is 12.3 Å². The van der Waals surface area contributed by atoms with E-state index in [-0.39, 0.29) is 6.42 Å². The number of nitrogens with zero attached hydrogens (tertiary/aromatic N) is 3. The van der Waals surface area contributed by atoms with Gasteiger partial charge in [0.25, 0.3) is 0 Å². The summed E-state index contributed by atoms with van der Waals surface area (Å²) >= 11 is 0. The van der Waals surface area contributed by atoms with E-state index in [4.69, 9.17) is 4.74 Å². The summed E-state index contributed by atoms with van der Waals surface area (Å²) in [7, 11) is 0. The highest BCUT2D eigenvalue weighted by Crippen LogP contribution is 2.26. The maximum Gasteiger partial charge on any atom is 0.389 e. The van der Waals surface area contributed by atoms with Crippen LogP contribution in [0.25, 0.3) is 11.4 Å². The minimum Gasteiger partial charge on any atom is -0.477 e. The van der Waals surface area contributed by atoms with Crippen molar-refractivity contribution in [1.29, 1.82) is 0 Å². The van der Waals surface area contributed by atoms with Crippen LogP contribution < -0.4 is 4.74 Å². The molecule has 2 rings (SSSR count). The van der Waals surface area contributed by atoms with E-state index in [2.05, 4.69) is 15.0 Å². The number of hydrogen-bond acceptors (Lipinski definition) is 4. The number of alkyl halides is 3. The summed E-state index contributed by atoms with van der Waals surface area (Å²) in [6, 6.07) is 4.90. The Morgan fingerprint density at radius 2 is 1.95 bits per heavy atom. The molecule has 112 valence electrons. The van der Waals surface area contributed by atoms with Gasteiger partial charge >= 0.3 is 6.18 Å². The van der Waals surface area contributed by atoms with E-state index in [1.54, 1.807) is 18.3 Å². The van der Waals surface area contributed by atoms with Gasteiger partial charge < -0.3 is 4.74 Å². The zero-order chi connectivity index (χ0) is 15.3. The predicted molar refractivity (Wildman–Crippen MR) is 70.8 cm³/mol. The molecule has 0 saturated heterocycles. The fourth-order valence-corrected chi connectivity index (χ4v) is 1.75. The van der Waals surface area contributed by atoms with Crippen LogP contribution >= 0.6 is 0 Å². The molecule has 0 saturated carbocycles. The largest absolute Gasteiger partial charge is 0.477 e. The van der Waals surface area contributed by atoms with Gasteiger partial charge in [-0.25, -0.2) is 15.0 Å². The fourth-order valence-electron chi connectivity index (χ4n) is 1.75. The molecular formula is C14H14F3N3O. The molecule has 4 nitrogen and oxygen atoms in total. The number of hydrogen-bond donors (Lipinski definition) is 0. The monoisotopic (exact) mass is 297 g/mol. The van der Waals surface area contributed by atoms with Crippen LogP contribution in [-0.4, -0.2) is 27.7 Å². The van der Waals surface area contributed by atoms with E-state index >= 15 is 0 Å². The first kappa shape index (κ1) is 15.2. The first-order valence-corrected chi connectivity index (χ1v) is 6.46. The lowest BCUT2D eigenvalue weighted by Gasteiger charge is -2.09. The SMILES string of the molecule is CCOc1ncccc1-c1nccc(CCC(F)(F)F)n1. The van der Waals surface area contributed by atoms with Crippen LogP contribution in [0.15, 0.2) is 30.6 Å². The van der Waals surface area contributed by atoms with Crippen molar-refractivity contribution in [3.05, 3.63) is 36.3 Å². The third-order valence-corrected chi connectivity index (χ3v) is 2.67. The lowest BCUT2D eigenvalue weighted by Crippen LogP contribution is -2.09. The molecule has 7 heteroatoms. The van der Waals surface area contributed by atoms with Crippen molar-refractivity contribution in [2.45, 2.75) is 25.9 Å². The molecule has 0 aromatic carbocycles. The van der Waals surface area contributed by atoms with Gasteiger partial charge in [0.1, 0.15) is 0 Å². The van der Waals surface area contributed by atoms with Crippen LogP contribution in [0.4, 0.5) is 13.2 Å². The number of pyridine rings is 1. The Kier molecular flexibility index (Phi) is 4.72. The van der Waals surface area contributed by atoms with Gasteiger partial charge in [0, 0.05) is 24.5 Å². The molecule has 0 bridgehead atoms. The first-order valence-electron chi connectivity index (χ1n) is 6.46. The number of aromatic nitrogens is 3. The quantitative estimate of drug-likeness (QED) is 0.848. The Hall–Kier alpha value is -2.18. The third-order valence-electron chi connectivity index (χ3n) is 2.67. The summed E-state index contributed by atoms with van der Waals surface area (Å²) in [6.07, 6.45) is -2.27. The number of aryl methyl sites for hydroxylation is 1. The van der Waals surface area contributed by atoms with E-state index < -0.39 is 12.6 Å². The maximum absolute atomic E-state index is 12.3.